The average Bonchev–Trinajstić information content (AvgIpc) is 3.96. The Morgan fingerprint density at radius 1 is 0.534 bits per heavy atom. The van der Waals surface area contributed by atoms with Gasteiger partial charge < -0.3 is 18.0 Å². The number of fused-ring (bicyclic) bond motifs is 14. The minimum absolute atomic E-state index is 0.0959. The van der Waals surface area contributed by atoms with Gasteiger partial charge in [0.05, 0.1) is 56.3 Å². The van der Waals surface area contributed by atoms with Crippen LogP contribution in [0.15, 0.2) is 130 Å². The van der Waals surface area contributed by atoms with E-state index in [1.54, 1.807) is 0 Å². The number of rotatable bonds is 2. The predicted octanol–water partition coefficient (Wildman–Crippen LogP) is 14.7. The molecule has 7 aromatic carbocycles. The van der Waals surface area contributed by atoms with E-state index in [1.165, 1.54) is 11.1 Å². The van der Waals surface area contributed by atoms with Gasteiger partial charge in [-0.25, -0.2) is 4.85 Å². The van der Waals surface area contributed by atoms with E-state index in [9.17, 15) is 5.26 Å². The number of para-hydroxylation sites is 2. The Morgan fingerprint density at radius 3 is 1.52 bits per heavy atom. The summed E-state index contributed by atoms with van der Waals surface area (Å²) in [6, 6.07) is 44.4. The number of hydrogen-bond donors (Lipinski definition) is 0. The van der Waals surface area contributed by atoms with Crippen LogP contribution in [0.1, 0.15) is 58.2 Å². The summed E-state index contributed by atoms with van der Waals surface area (Å²) in [5, 5.41) is 19.6. The first-order valence-corrected chi connectivity index (χ1v) is 19.7. The van der Waals surface area contributed by atoms with E-state index >= 15 is 0 Å². The van der Waals surface area contributed by atoms with Crippen molar-refractivity contribution in [2.45, 2.75) is 52.4 Å². The molecule has 0 N–H and O–H groups in total. The Balaban J connectivity index is 1.29. The molecule has 4 aromatic heterocycles. The Hall–Kier alpha value is -7.28. The molecule has 0 atom stereocenters. The summed E-state index contributed by atoms with van der Waals surface area (Å²) in [7, 11) is 0. The summed E-state index contributed by atoms with van der Waals surface area (Å²) in [6.07, 6.45) is 0. The van der Waals surface area contributed by atoms with Gasteiger partial charge in [-0.3, -0.25) is 0 Å². The highest BCUT2D eigenvalue weighted by Gasteiger charge is 2.28. The van der Waals surface area contributed by atoms with Gasteiger partial charge in [-0.2, -0.15) is 5.26 Å². The maximum absolute atomic E-state index is 11.4. The van der Waals surface area contributed by atoms with E-state index < -0.39 is 0 Å². The second-order valence-corrected chi connectivity index (χ2v) is 17.6. The van der Waals surface area contributed by atoms with Crippen LogP contribution in [0.5, 0.6) is 0 Å². The van der Waals surface area contributed by atoms with Crippen LogP contribution >= 0.6 is 0 Å². The van der Waals surface area contributed by atoms with Gasteiger partial charge >= 0.3 is 0 Å². The molecule has 6 nitrogen and oxygen atoms in total. The van der Waals surface area contributed by atoms with E-state index in [1.807, 2.05) is 48.5 Å². The molecule has 58 heavy (non-hydrogen) atoms. The smallest absolute Gasteiger partial charge is 0.212 e. The van der Waals surface area contributed by atoms with Crippen LogP contribution in [0.3, 0.4) is 0 Å². The van der Waals surface area contributed by atoms with Crippen LogP contribution in [0.4, 0.5) is 5.69 Å². The summed E-state index contributed by atoms with van der Waals surface area (Å²) < 4.78 is 17.7. The van der Waals surface area contributed by atoms with Crippen molar-refractivity contribution in [3.8, 4) is 17.4 Å². The molecule has 11 aromatic rings. The van der Waals surface area contributed by atoms with E-state index in [2.05, 4.69) is 134 Å². The number of benzene rings is 7. The van der Waals surface area contributed by atoms with E-state index in [0.717, 1.165) is 87.5 Å². The zero-order valence-corrected chi connectivity index (χ0v) is 33.2. The van der Waals surface area contributed by atoms with E-state index in [0.29, 0.717) is 22.6 Å². The third kappa shape index (κ3) is 4.58. The predicted molar refractivity (Wildman–Crippen MR) is 238 cm³/mol. The molecular weight excluding hydrogens is 713 g/mol. The first-order chi connectivity index (χ1) is 28.0. The van der Waals surface area contributed by atoms with Gasteiger partial charge in [0.15, 0.2) is 0 Å². The summed E-state index contributed by atoms with van der Waals surface area (Å²) in [4.78, 5) is 4.08. The summed E-state index contributed by atoms with van der Waals surface area (Å²) in [5.41, 5.74) is 11.1. The Morgan fingerprint density at radius 2 is 1.02 bits per heavy atom. The zero-order chi connectivity index (χ0) is 39.8. The highest BCUT2D eigenvalue weighted by atomic mass is 16.3. The molecule has 0 aliphatic heterocycles. The number of furan rings is 2. The van der Waals surface area contributed by atoms with Crippen molar-refractivity contribution in [3.63, 3.8) is 0 Å². The fourth-order valence-corrected chi connectivity index (χ4v) is 9.19. The lowest BCUT2D eigenvalue weighted by atomic mass is 9.86. The molecule has 0 saturated heterocycles. The maximum atomic E-state index is 11.4. The molecule has 0 spiro atoms. The molecule has 0 aliphatic carbocycles. The molecule has 0 amide bonds. The number of hydrogen-bond acceptors (Lipinski definition) is 3. The normalized spacial score (nSPS) is 12.6. The first-order valence-electron chi connectivity index (χ1n) is 19.7. The van der Waals surface area contributed by atoms with Crippen LogP contribution in [-0.2, 0) is 10.8 Å². The standard InChI is InChI=1S/C52H38N4O2/c1-51(2,3)29-16-21-39-35(26-29)46-42(23-18-33-31-12-8-10-14-44(31)57-49(33)46)55(39)41-25-20-38(54-7)48(37(41)28-53)56-40-22-17-30(52(4,5)6)27-36(40)47-43(56)24-19-34-32-13-9-11-15-45(32)58-50(34)47/h8-27H,1-6H3. The van der Waals surface area contributed by atoms with Gasteiger partial charge in [0.2, 0.25) is 5.69 Å². The lowest BCUT2D eigenvalue weighted by molar-refractivity contribution is 0.591. The van der Waals surface area contributed by atoms with Gasteiger partial charge in [0.1, 0.15) is 28.4 Å². The third-order valence-electron chi connectivity index (χ3n) is 12.1. The fraction of sp³-hybridized carbons (Fsp3) is 0.154. The maximum Gasteiger partial charge on any atom is 0.212 e. The van der Waals surface area contributed by atoms with Gasteiger partial charge in [-0.15, -0.1) is 0 Å². The highest BCUT2D eigenvalue weighted by molar-refractivity contribution is 6.25. The van der Waals surface area contributed by atoms with Crippen molar-refractivity contribution < 1.29 is 8.83 Å². The molecule has 0 unspecified atom stereocenters. The van der Waals surface area contributed by atoms with E-state index in [4.69, 9.17) is 15.4 Å². The molecule has 0 aliphatic rings. The lowest BCUT2D eigenvalue weighted by Crippen LogP contribution is -2.10. The number of nitriles is 1. The van der Waals surface area contributed by atoms with Gasteiger partial charge in [-0.05, 0) is 88.7 Å². The van der Waals surface area contributed by atoms with Crippen molar-refractivity contribution >= 4 is 93.2 Å². The SMILES string of the molecule is [C-]#[N+]c1ccc(-n2c3ccc(C(C)(C)C)cc3c3c4oc5ccccc5c4ccc32)c(C#N)c1-n1c2ccc(C(C)(C)C)cc2c2c3oc4ccccc4c3ccc21. The second kappa shape index (κ2) is 11.6. The van der Waals surface area contributed by atoms with Crippen molar-refractivity contribution in [2.24, 2.45) is 0 Å². The lowest BCUT2D eigenvalue weighted by Gasteiger charge is -2.20. The van der Waals surface area contributed by atoms with Crippen molar-refractivity contribution in [3.05, 3.63) is 149 Å². The number of aromatic nitrogens is 2. The van der Waals surface area contributed by atoms with Crippen molar-refractivity contribution in [1.82, 2.24) is 9.13 Å². The van der Waals surface area contributed by atoms with Crippen LogP contribution in [0.2, 0.25) is 0 Å². The molecule has 0 bridgehead atoms. The summed E-state index contributed by atoms with van der Waals surface area (Å²) in [6.45, 7) is 21.8. The largest absolute Gasteiger partial charge is 0.455 e. The Kier molecular flexibility index (Phi) is 6.82. The summed E-state index contributed by atoms with van der Waals surface area (Å²) >= 11 is 0. The first kappa shape index (κ1) is 34.0. The minimum Gasteiger partial charge on any atom is -0.455 e. The monoisotopic (exact) mass is 750 g/mol. The molecule has 4 heterocycles. The highest BCUT2D eigenvalue weighted by Crippen LogP contribution is 2.47. The summed E-state index contributed by atoms with van der Waals surface area (Å²) in [5.74, 6) is 0. The molecule has 6 heteroatoms. The van der Waals surface area contributed by atoms with Crippen LogP contribution in [0.25, 0.3) is 104 Å². The average molecular weight is 751 g/mol. The number of nitrogens with zero attached hydrogens (tertiary/aromatic N) is 4. The zero-order valence-electron chi connectivity index (χ0n) is 33.2. The third-order valence-corrected chi connectivity index (χ3v) is 12.1. The minimum atomic E-state index is -0.113. The molecule has 0 radical (unpaired) electrons. The van der Waals surface area contributed by atoms with Gasteiger partial charge in [-0.1, -0.05) is 96.1 Å². The van der Waals surface area contributed by atoms with Crippen LogP contribution < -0.4 is 0 Å². The Labute approximate surface area is 334 Å². The molecule has 278 valence electrons. The fourth-order valence-electron chi connectivity index (χ4n) is 9.19. The van der Waals surface area contributed by atoms with Crippen molar-refractivity contribution in [2.75, 3.05) is 0 Å². The second-order valence-electron chi connectivity index (χ2n) is 17.6. The Bertz CT molecular complexity index is 3670. The van der Waals surface area contributed by atoms with Gasteiger partial charge in [0, 0.05) is 32.3 Å². The van der Waals surface area contributed by atoms with Crippen LogP contribution in [0, 0.1) is 17.9 Å². The molecule has 0 fully saturated rings. The topological polar surface area (TPSA) is 64.3 Å². The molecule has 0 saturated carbocycles. The van der Waals surface area contributed by atoms with E-state index in [-0.39, 0.29) is 10.8 Å². The molecule has 11 rings (SSSR count). The van der Waals surface area contributed by atoms with Crippen molar-refractivity contribution in [1.29, 1.82) is 5.26 Å². The molecular formula is C52H38N4O2. The van der Waals surface area contributed by atoms with Crippen LogP contribution in [-0.4, -0.2) is 9.13 Å². The quantitative estimate of drug-likeness (QED) is 0.165. The van der Waals surface area contributed by atoms with Gasteiger partial charge in [0.25, 0.3) is 0 Å².